The van der Waals surface area contributed by atoms with Crippen LogP contribution < -0.4 is 0 Å². The van der Waals surface area contributed by atoms with Crippen molar-refractivity contribution >= 4 is 11.9 Å². The number of hydrogen-bond acceptors (Lipinski definition) is 5. The number of ether oxygens (including phenoxy) is 2. The van der Waals surface area contributed by atoms with Crippen LogP contribution in [0.15, 0.2) is 24.4 Å². The Hall–Kier alpha value is -1.91. The van der Waals surface area contributed by atoms with Gasteiger partial charge < -0.3 is 9.47 Å². The van der Waals surface area contributed by atoms with Gasteiger partial charge in [0.2, 0.25) is 6.10 Å². The number of aromatic nitrogens is 1. The molecule has 18 heavy (non-hydrogen) atoms. The number of pyridine rings is 1. The first kappa shape index (κ1) is 14.2. The first-order valence-electron chi connectivity index (χ1n) is 5.84. The van der Waals surface area contributed by atoms with E-state index in [1.807, 2.05) is 0 Å². The van der Waals surface area contributed by atoms with E-state index < -0.39 is 18.0 Å². The van der Waals surface area contributed by atoms with Gasteiger partial charge in [-0.15, -0.1) is 0 Å². The average molecular weight is 251 g/mol. The second-order valence-electron chi connectivity index (χ2n) is 3.98. The van der Waals surface area contributed by atoms with Crippen LogP contribution in [0.25, 0.3) is 0 Å². The van der Waals surface area contributed by atoms with Gasteiger partial charge in [-0.25, -0.2) is 4.79 Å². The lowest BCUT2D eigenvalue weighted by Gasteiger charge is -2.17. The van der Waals surface area contributed by atoms with E-state index in [-0.39, 0.29) is 12.5 Å². The molecule has 1 aromatic heterocycles. The quantitative estimate of drug-likeness (QED) is 0.747. The van der Waals surface area contributed by atoms with Crippen molar-refractivity contribution in [1.82, 2.24) is 4.98 Å². The van der Waals surface area contributed by atoms with Gasteiger partial charge in [-0.05, 0) is 19.1 Å². The van der Waals surface area contributed by atoms with Gasteiger partial charge in [0.05, 0.1) is 18.2 Å². The van der Waals surface area contributed by atoms with Gasteiger partial charge in [0.25, 0.3) is 0 Å². The Morgan fingerprint density at radius 2 is 2.00 bits per heavy atom. The minimum atomic E-state index is -1.10. The Labute approximate surface area is 106 Å². The van der Waals surface area contributed by atoms with Crippen molar-refractivity contribution in [2.24, 2.45) is 5.92 Å². The average Bonchev–Trinajstić information content (AvgIpc) is 2.36. The molecule has 0 aliphatic carbocycles. The van der Waals surface area contributed by atoms with Gasteiger partial charge in [-0.2, -0.15) is 0 Å². The van der Waals surface area contributed by atoms with Crippen molar-refractivity contribution in [3.63, 3.8) is 0 Å². The normalized spacial score (nSPS) is 12.0. The Morgan fingerprint density at radius 1 is 1.28 bits per heavy atom. The van der Waals surface area contributed by atoms with E-state index in [4.69, 9.17) is 9.47 Å². The summed E-state index contributed by atoms with van der Waals surface area (Å²) in [7, 11) is 0. The molecule has 1 aromatic rings. The molecule has 0 spiro atoms. The topological polar surface area (TPSA) is 65.5 Å². The van der Waals surface area contributed by atoms with E-state index >= 15 is 0 Å². The van der Waals surface area contributed by atoms with Crippen LogP contribution in [0.2, 0.25) is 0 Å². The van der Waals surface area contributed by atoms with Crippen LogP contribution in [-0.4, -0.2) is 23.5 Å². The molecule has 0 amide bonds. The summed E-state index contributed by atoms with van der Waals surface area (Å²) in [5, 5.41) is 0. The van der Waals surface area contributed by atoms with E-state index in [0.29, 0.717) is 5.69 Å². The minimum Gasteiger partial charge on any atom is -0.463 e. The molecule has 0 saturated carbocycles. The first-order valence-corrected chi connectivity index (χ1v) is 5.84. The van der Waals surface area contributed by atoms with Gasteiger partial charge >= 0.3 is 11.9 Å². The third-order valence-corrected chi connectivity index (χ3v) is 2.16. The maximum absolute atomic E-state index is 11.8. The molecule has 0 bridgehead atoms. The number of carbonyl (C=O) groups is 2. The van der Waals surface area contributed by atoms with Crippen molar-refractivity contribution in [3.8, 4) is 0 Å². The van der Waals surface area contributed by atoms with Crippen LogP contribution in [0.1, 0.15) is 32.6 Å². The number of nitrogens with zero attached hydrogens (tertiary/aromatic N) is 1. The van der Waals surface area contributed by atoms with Crippen LogP contribution in [0.3, 0.4) is 0 Å². The smallest absolute Gasteiger partial charge is 0.353 e. The first-order chi connectivity index (χ1) is 8.56. The fraction of sp³-hybridized carbons (Fsp3) is 0.462. The molecule has 0 N–H and O–H groups in total. The van der Waals surface area contributed by atoms with E-state index in [2.05, 4.69) is 4.98 Å². The summed E-state index contributed by atoms with van der Waals surface area (Å²) in [6, 6.07) is 5.06. The fourth-order valence-corrected chi connectivity index (χ4v) is 1.23. The summed E-state index contributed by atoms with van der Waals surface area (Å²) in [4.78, 5) is 27.4. The summed E-state index contributed by atoms with van der Waals surface area (Å²) in [6.07, 6.45) is 0.436. The zero-order chi connectivity index (χ0) is 13.5. The highest BCUT2D eigenvalue weighted by Crippen LogP contribution is 2.18. The molecular weight excluding hydrogens is 234 g/mol. The third-order valence-electron chi connectivity index (χ3n) is 2.16. The minimum absolute atomic E-state index is 0.224. The van der Waals surface area contributed by atoms with Crippen LogP contribution in [0.5, 0.6) is 0 Å². The number of carbonyl (C=O) groups excluding carboxylic acids is 2. The Bertz CT molecular complexity index is 403. The maximum Gasteiger partial charge on any atom is 0.353 e. The Kier molecular flexibility index (Phi) is 5.30. The zero-order valence-corrected chi connectivity index (χ0v) is 10.8. The molecule has 0 aliphatic heterocycles. The highest BCUT2D eigenvalue weighted by atomic mass is 16.6. The van der Waals surface area contributed by atoms with Crippen LogP contribution in [0, 0.1) is 5.92 Å². The molecule has 1 heterocycles. The SMILES string of the molecule is CCOC(=O)C(OC(=O)C(C)C)c1ccccn1. The molecule has 0 aromatic carbocycles. The standard InChI is InChI=1S/C13H17NO4/c1-4-17-13(16)11(18-12(15)9(2)3)10-7-5-6-8-14-10/h5-9,11H,4H2,1-3H3. The fourth-order valence-electron chi connectivity index (χ4n) is 1.23. The summed E-state index contributed by atoms with van der Waals surface area (Å²) in [6.45, 7) is 5.31. The third kappa shape index (κ3) is 3.84. The van der Waals surface area contributed by atoms with Crippen molar-refractivity contribution in [2.45, 2.75) is 26.9 Å². The molecule has 1 unspecified atom stereocenters. The van der Waals surface area contributed by atoms with Crippen molar-refractivity contribution in [3.05, 3.63) is 30.1 Å². The van der Waals surface area contributed by atoms with E-state index in [9.17, 15) is 9.59 Å². The van der Waals surface area contributed by atoms with E-state index in [0.717, 1.165) is 0 Å². The van der Waals surface area contributed by atoms with Gasteiger partial charge in [-0.1, -0.05) is 19.9 Å². The van der Waals surface area contributed by atoms with Crippen LogP contribution in [0.4, 0.5) is 0 Å². The highest BCUT2D eigenvalue weighted by Gasteiger charge is 2.28. The monoisotopic (exact) mass is 251 g/mol. The van der Waals surface area contributed by atoms with Crippen LogP contribution >= 0.6 is 0 Å². The molecule has 5 nitrogen and oxygen atoms in total. The van der Waals surface area contributed by atoms with Gasteiger partial charge in [-0.3, -0.25) is 9.78 Å². The predicted octanol–water partition coefficient (Wildman–Crippen LogP) is 1.89. The maximum atomic E-state index is 11.8. The summed E-state index contributed by atoms with van der Waals surface area (Å²) < 4.78 is 10.0. The number of rotatable bonds is 5. The second-order valence-corrected chi connectivity index (χ2v) is 3.98. The molecule has 98 valence electrons. The summed E-state index contributed by atoms with van der Waals surface area (Å²) >= 11 is 0. The van der Waals surface area contributed by atoms with Gasteiger partial charge in [0.1, 0.15) is 0 Å². The van der Waals surface area contributed by atoms with Crippen molar-refractivity contribution < 1.29 is 19.1 Å². The van der Waals surface area contributed by atoms with Gasteiger partial charge in [0.15, 0.2) is 0 Å². The van der Waals surface area contributed by atoms with Crippen molar-refractivity contribution in [2.75, 3.05) is 6.61 Å². The van der Waals surface area contributed by atoms with Crippen molar-refractivity contribution in [1.29, 1.82) is 0 Å². The highest BCUT2D eigenvalue weighted by molar-refractivity contribution is 5.80. The second kappa shape index (κ2) is 6.74. The zero-order valence-electron chi connectivity index (χ0n) is 10.8. The van der Waals surface area contributed by atoms with Gasteiger partial charge in [0, 0.05) is 6.20 Å². The largest absolute Gasteiger partial charge is 0.463 e. The van der Waals surface area contributed by atoms with E-state index in [1.165, 1.54) is 6.20 Å². The molecule has 0 fully saturated rings. The molecule has 1 atom stereocenters. The lowest BCUT2D eigenvalue weighted by molar-refractivity contribution is -0.170. The summed E-state index contributed by atoms with van der Waals surface area (Å²) in [5.41, 5.74) is 0.366. The lowest BCUT2D eigenvalue weighted by Crippen LogP contribution is -2.25. The molecule has 1 rings (SSSR count). The molecule has 5 heteroatoms. The molecule has 0 aliphatic rings. The summed E-state index contributed by atoms with van der Waals surface area (Å²) in [5.74, 6) is -1.38. The number of esters is 2. The molecule has 0 radical (unpaired) electrons. The molecular formula is C13H17NO4. The predicted molar refractivity (Wildman–Crippen MR) is 64.5 cm³/mol. The number of hydrogen-bond donors (Lipinski definition) is 0. The Morgan fingerprint density at radius 3 is 2.50 bits per heavy atom. The van der Waals surface area contributed by atoms with E-state index in [1.54, 1.807) is 39.0 Å². The molecule has 0 saturated heterocycles. The lowest BCUT2D eigenvalue weighted by atomic mass is 10.2. The Balaban J connectivity index is 2.89. The van der Waals surface area contributed by atoms with Crippen LogP contribution in [-0.2, 0) is 19.1 Å².